The van der Waals surface area contributed by atoms with Crippen molar-refractivity contribution in [1.82, 2.24) is 0 Å². The highest BCUT2D eigenvalue weighted by atomic mass is 19.1. The second-order valence-electron chi connectivity index (χ2n) is 5.20. The molecule has 1 N–H and O–H groups in total. The molecule has 3 nitrogen and oxygen atoms in total. The van der Waals surface area contributed by atoms with Gasteiger partial charge in [-0.1, -0.05) is 12.1 Å². The molecular weight excluding hydrogens is 267 g/mol. The fourth-order valence-corrected chi connectivity index (χ4v) is 2.16. The molecule has 0 saturated heterocycles. The minimum atomic E-state index is -0.305. The average Bonchev–Trinajstić information content (AvgIpc) is 2.49. The molecule has 0 heterocycles. The number of rotatable bonds is 5. The topological polar surface area (TPSA) is 24.5 Å². The maximum absolute atomic E-state index is 13.2. The van der Waals surface area contributed by atoms with E-state index < -0.39 is 0 Å². The number of hydrogen-bond donors (Lipinski definition) is 1. The van der Waals surface area contributed by atoms with Crippen LogP contribution in [0, 0.1) is 5.82 Å². The number of ether oxygens (including phenoxy) is 1. The average molecular weight is 288 g/mol. The Morgan fingerprint density at radius 1 is 1.10 bits per heavy atom. The highest BCUT2D eigenvalue weighted by Crippen LogP contribution is 2.29. The highest BCUT2D eigenvalue weighted by Gasteiger charge is 2.10. The number of benzene rings is 2. The maximum Gasteiger partial charge on any atom is 0.144 e. The van der Waals surface area contributed by atoms with Gasteiger partial charge in [-0.3, -0.25) is 0 Å². The van der Waals surface area contributed by atoms with Gasteiger partial charge in [0.25, 0.3) is 0 Å². The van der Waals surface area contributed by atoms with Crippen molar-refractivity contribution in [2.24, 2.45) is 0 Å². The van der Waals surface area contributed by atoms with Crippen molar-refractivity contribution in [3.05, 3.63) is 53.8 Å². The Hall–Kier alpha value is -2.23. The van der Waals surface area contributed by atoms with Crippen molar-refractivity contribution < 1.29 is 9.13 Å². The zero-order valence-corrected chi connectivity index (χ0v) is 12.9. The Morgan fingerprint density at radius 3 is 2.33 bits per heavy atom. The lowest BCUT2D eigenvalue weighted by atomic mass is 10.1. The van der Waals surface area contributed by atoms with Gasteiger partial charge in [0.05, 0.1) is 12.8 Å². The Labute approximate surface area is 125 Å². The van der Waals surface area contributed by atoms with E-state index in [0.717, 1.165) is 16.9 Å². The monoisotopic (exact) mass is 288 g/mol. The largest absolute Gasteiger partial charge is 0.494 e. The lowest BCUT2D eigenvalue weighted by molar-refractivity contribution is 0.412. The first-order chi connectivity index (χ1) is 10.0. The van der Waals surface area contributed by atoms with Crippen LogP contribution in [0.15, 0.2) is 42.5 Å². The second-order valence-corrected chi connectivity index (χ2v) is 5.20. The number of methoxy groups -OCH3 is 1. The summed E-state index contributed by atoms with van der Waals surface area (Å²) < 4.78 is 18.4. The van der Waals surface area contributed by atoms with Gasteiger partial charge in [0.1, 0.15) is 11.6 Å². The van der Waals surface area contributed by atoms with Crippen LogP contribution in [0.2, 0.25) is 0 Å². The summed E-state index contributed by atoms with van der Waals surface area (Å²) in [6.45, 7) is 2.06. The van der Waals surface area contributed by atoms with E-state index in [0.29, 0.717) is 5.75 Å². The van der Waals surface area contributed by atoms with E-state index in [2.05, 4.69) is 41.4 Å². The Morgan fingerprint density at radius 2 is 1.76 bits per heavy atom. The van der Waals surface area contributed by atoms with E-state index in [1.165, 1.54) is 19.2 Å². The number of nitrogens with one attached hydrogen (secondary N) is 1. The van der Waals surface area contributed by atoms with Gasteiger partial charge >= 0.3 is 0 Å². The van der Waals surface area contributed by atoms with Crippen molar-refractivity contribution in [3.63, 3.8) is 0 Å². The van der Waals surface area contributed by atoms with Crippen LogP contribution in [0.4, 0.5) is 15.8 Å². The van der Waals surface area contributed by atoms with E-state index >= 15 is 0 Å². The fraction of sp³-hybridized carbons (Fsp3) is 0.294. The van der Waals surface area contributed by atoms with Crippen LogP contribution in [0.5, 0.6) is 5.75 Å². The predicted molar refractivity (Wildman–Crippen MR) is 85.8 cm³/mol. The van der Waals surface area contributed by atoms with Crippen LogP contribution in [0.25, 0.3) is 0 Å². The summed E-state index contributed by atoms with van der Waals surface area (Å²) in [5.74, 6) is 0.201. The first-order valence-electron chi connectivity index (χ1n) is 6.88. The molecule has 2 aromatic rings. The molecule has 0 aliphatic rings. The molecule has 112 valence electrons. The summed E-state index contributed by atoms with van der Waals surface area (Å²) in [6, 6.07) is 12.9. The minimum absolute atomic E-state index is 0.0978. The molecule has 0 aliphatic heterocycles. The van der Waals surface area contributed by atoms with Crippen LogP contribution in [-0.4, -0.2) is 21.2 Å². The van der Waals surface area contributed by atoms with E-state index in [1.54, 1.807) is 6.07 Å². The molecule has 0 radical (unpaired) electrons. The van der Waals surface area contributed by atoms with E-state index in [4.69, 9.17) is 4.74 Å². The molecule has 2 aromatic carbocycles. The summed E-state index contributed by atoms with van der Waals surface area (Å²) in [5, 5.41) is 3.35. The van der Waals surface area contributed by atoms with Gasteiger partial charge in [0.2, 0.25) is 0 Å². The Balaban J connectivity index is 2.15. The quantitative estimate of drug-likeness (QED) is 0.897. The van der Waals surface area contributed by atoms with E-state index in [9.17, 15) is 4.39 Å². The van der Waals surface area contributed by atoms with Crippen LogP contribution in [0.1, 0.15) is 18.5 Å². The molecule has 4 heteroatoms. The van der Waals surface area contributed by atoms with Crippen molar-refractivity contribution in [1.29, 1.82) is 0 Å². The fourth-order valence-electron chi connectivity index (χ4n) is 2.16. The molecule has 21 heavy (non-hydrogen) atoms. The van der Waals surface area contributed by atoms with Crippen molar-refractivity contribution in [3.8, 4) is 5.75 Å². The Bertz CT molecular complexity index is 596. The van der Waals surface area contributed by atoms with Crippen molar-refractivity contribution in [2.75, 3.05) is 31.4 Å². The van der Waals surface area contributed by atoms with Gasteiger partial charge in [0, 0.05) is 31.9 Å². The molecule has 1 atom stereocenters. The summed E-state index contributed by atoms with van der Waals surface area (Å²) >= 11 is 0. The third-order valence-electron chi connectivity index (χ3n) is 3.45. The standard InChI is InChI=1S/C17H21FN2O/c1-12(13-5-8-15(9-6-13)20(2)3)19-16-10-7-14(18)11-17(16)21-4/h5-12,19H,1-4H3. The van der Waals surface area contributed by atoms with E-state index in [-0.39, 0.29) is 11.9 Å². The lowest BCUT2D eigenvalue weighted by Crippen LogP contribution is -2.10. The number of anilines is 2. The van der Waals surface area contributed by atoms with Crippen LogP contribution in [-0.2, 0) is 0 Å². The zero-order chi connectivity index (χ0) is 15.4. The highest BCUT2D eigenvalue weighted by molar-refractivity contribution is 5.58. The first kappa shape index (κ1) is 15.2. The maximum atomic E-state index is 13.2. The smallest absolute Gasteiger partial charge is 0.144 e. The summed E-state index contributed by atoms with van der Waals surface area (Å²) in [6.07, 6.45) is 0. The summed E-state index contributed by atoms with van der Waals surface area (Å²) in [5.41, 5.74) is 3.10. The van der Waals surface area contributed by atoms with Gasteiger partial charge in [-0.15, -0.1) is 0 Å². The summed E-state index contributed by atoms with van der Waals surface area (Å²) in [4.78, 5) is 2.06. The molecule has 2 rings (SSSR count). The first-order valence-corrected chi connectivity index (χ1v) is 6.88. The molecule has 1 unspecified atom stereocenters. The molecule has 0 aromatic heterocycles. The number of nitrogens with zero attached hydrogens (tertiary/aromatic N) is 1. The second kappa shape index (κ2) is 6.48. The van der Waals surface area contributed by atoms with Gasteiger partial charge < -0.3 is 15.0 Å². The van der Waals surface area contributed by atoms with Gasteiger partial charge in [0.15, 0.2) is 0 Å². The van der Waals surface area contributed by atoms with E-state index in [1.807, 2.05) is 14.1 Å². The van der Waals surface area contributed by atoms with Gasteiger partial charge in [-0.25, -0.2) is 4.39 Å². The molecule has 0 spiro atoms. The van der Waals surface area contributed by atoms with Crippen LogP contribution >= 0.6 is 0 Å². The SMILES string of the molecule is COc1cc(F)ccc1NC(C)c1ccc(N(C)C)cc1. The molecule has 0 fully saturated rings. The zero-order valence-electron chi connectivity index (χ0n) is 12.9. The van der Waals surface area contributed by atoms with Crippen LogP contribution < -0.4 is 15.0 Å². The molecule has 0 aliphatic carbocycles. The number of halogens is 1. The molecule has 0 amide bonds. The minimum Gasteiger partial charge on any atom is -0.494 e. The van der Waals surface area contributed by atoms with Crippen LogP contribution in [0.3, 0.4) is 0 Å². The summed E-state index contributed by atoms with van der Waals surface area (Å²) in [7, 11) is 5.57. The normalized spacial score (nSPS) is 11.9. The predicted octanol–water partition coefficient (Wildman–Crippen LogP) is 4.07. The Kier molecular flexibility index (Phi) is 4.68. The van der Waals surface area contributed by atoms with Crippen molar-refractivity contribution >= 4 is 11.4 Å². The molecular formula is C17H21FN2O. The number of hydrogen-bond acceptors (Lipinski definition) is 3. The molecule has 0 bridgehead atoms. The van der Waals surface area contributed by atoms with Crippen molar-refractivity contribution in [2.45, 2.75) is 13.0 Å². The molecule has 0 saturated carbocycles. The van der Waals surface area contributed by atoms with Gasteiger partial charge in [-0.2, -0.15) is 0 Å². The lowest BCUT2D eigenvalue weighted by Gasteiger charge is -2.19. The third-order valence-corrected chi connectivity index (χ3v) is 3.45. The van der Waals surface area contributed by atoms with Gasteiger partial charge in [-0.05, 0) is 36.8 Å². The third kappa shape index (κ3) is 3.66.